The van der Waals surface area contributed by atoms with E-state index in [0.29, 0.717) is 12.0 Å². The lowest BCUT2D eigenvalue weighted by Gasteiger charge is -2.23. The predicted octanol–water partition coefficient (Wildman–Crippen LogP) is 5.73. The molecule has 3 heteroatoms. The third-order valence-electron chi connectivity index (χ3n) is 3.58. The lowest BCUT2D eigenvalue weighted by molar-refractivity contribution is 0.217. The first kappa shape index (κ1) is 15.9. The molecule has 21 heavy (non-hydrogen) atoms. The topological polar surface area (TPSA) is 21.3 Å². The van der Waals surface area contributed by atoms with Gasteiger partial charge in [-0.3, -0.25) is 0 Å². The molecule has 2 atom stereocenters. The smallest absolute Gasteiger partial charge is 0.121 e. The number of hydrogen-bond acceptors (Lipinski definition) is 3. The molecule has 0 fully saturated rings. The van der Waals surface area contributed by atoms with Crippen molar-refractivity contribution in [3.63, 3.8) is 0 Å². The summed E-state index contributed by atoms with van der Waals surface area (Å²) in [6, 6.07) is 12.9. The van der Waals surface area contributed by atoms with Crippen LogP contribution in [0.3, 0.4) is 0 Å². The summed E-state index contributed by atoms with van der Waals surface area (Å²) >= 11 is 1.80. The number of rotatable bonds is 7. The third kappa shape index (κ3) is 4.50. The van der Waals surface area contributed by atoms with E-state index >= 15 is 0 Å². The van der Waals surface area contributed by atoms with E-state index in [9.17, 15) is 0 Å². The molecule has 0 aliphatic rings. The van der Waals surface area contributed by atoms with Crippen LogP contribution < -0.4 is 10.1 Å². The number of nitrogens with one attached hydrogen (secondary N) is 1. The van der Waals surface area contributed by atoms with Gasteiger partial charge in [-0.2, -0.15) is 0 Å². The van der Waals surface area contributed by atoms with Gasteiger partial charge in [-0.15, -0.1) is 11.3 Å². The maximum atomic E-state index is 5.90. The minimum absolute atomic E-state index is 0.249. The fraction of sp³-hybridized carbons (Fsp3) is 0.444. The Morgan fingerprint density at radius 2 is 1.95 bits per heavy atom. The highest BCUT2D eigenvalue weighted by Crippen LogP contribution is 2.31. The molecule has 0 saturated heterocycles. The van der Waals surface area contributed by atoms with E-state index in [2.05, 4.69) is 62.7 Å². The van der Waals surface area contributed by atoms with Gasteiger partial charge in [0, 0.05) is 16.6 Å². The quantitative estimate of drug-likeness (QED) is 0.704. The fourth-order valence-corrected chi connectivity index (χ4v) is 3.14. The first-order valence-corrected chi connectivity index (χ1v) is 8.54. The molecule has 2 unspecified atom stereocenters. The van der Waals surface area contributed by atoms with Crippen molar-refractivity contribution in [2.75, 3.05) is 5.32 Å². The second-order valence-corrected chi connectivity index (χ2v) is 6.73. The summed E-state index contributed by atoms with van der Waals surface area (Å²) in [5.74, 6) is 1.46. The van der Waals surface area contributed by atoms with E-state index in [1.165, 1.54) is 4.88 Å². The van der Waals surface area contributed by atoms with Gasteiger partial charge >= 0.3 is 0 Å². The van der Waals surface area contributed by atoms with Crippen molar-refractivity contribution in [3.8, 4) is 5.75 Å². The summed E-state index contributed by atoms with van der Waals surface area (Å²) in [5.41, 5.74) is 1.11. The van der Waals surface area contributed by atoms with Crippen LogP contribution in [0.15, 0.2) is 41.8 Å². The van der Waals surface area contributed by atoms with Crippen LogP contribution in [0.4, 0.5) is 5.69 Å². The highest BCUT2D eigenvalue weighted by molar-refractivity contribution is 7.10. The Hall–Kier alpha value is -1.48. The van der Waals surface area contributed by atoms with Crippen molar-refractivity contribution < 1.29 is 4.74 Å². The van der Waals surface area contributed by atoms with Crippen LogP contribution >= 0.6 is 11.3 Å². The molecule has 1 N–H and O–H groups in total. The number of anilines is 1. The third-order valence-corrected chi connectivity index (χ3v) is 4.54. The van der Waals surface area contributed by atoms with Gasteiger partial charge < -0.3 is 10.1 Å². The molecule has 2 nitrogen and oxygen atoms in total. The fourth-order valence-electron chi connectivity index (χ4n) is 2.19. The van der Waals surface area contributed by atoms with Crippen LogP contribution in [0.5, 0.6) is 5.75 Å². The monoisotopic (exact) mass is 303 g/mol. The first-order valence-electron chi connectivity index (χ1n) is 7.66. The summed E-state index contributed by atoms with van der Waals surface area (Å²) in [6.45, 7) is 8.73. The van der Waals surface area contributed by atoms with E-state index < -0.39 is 0 Å². The average Bonchev–Trinajstić information content (AvgIpc) is 2.98. The molecule has 1 heterocycles. The van der Waals surface area contributed by atoms with Crippen molar-refractivity contribution in [3.05, 3.63) is 46.7 Å². The van der Waals surface area contributed by atoms with Gasteiger partial charge in [-0.1, -0.05) is 32.9 Å². The molecule has 1 aromatic carbocycles. The van der Waals surface area contributed by atoms with Crippen molar-refractivity contribution in [2.24, 2.45) is 5.92 Å². The highest BCUT2D eigenvalue weighted by Gasteiger charge is 2.16. The Labute approximate surface area is 132 Å². The molecule has 1 aromatic heterocycles. The summed E-state index contributed by atoms with van der Waals surface area (Å²) < 4.78 is 5.90. The van der Waals surface area contributed by atoms with Gasteiger partial charge in [0.05, 0.1) is 12.1 Å². The molecule has 2 aromatic rings. The number of hydrogen-bond donors (Lipinski definition) is 1. The van der Waals surface area contributed by atoms with Crippen molar-refractivity contribution >= 4 is 17.0 Å². The van der Waals surface area contributed by atoms with Gasteiger partial charge in [0.1, 0.15) is 5.75 Å². The van der Waals surface area contributed by atoms with Gasteiger partial charge in [0.25, 0.3) is 0 Å². The zero-order valence-corrected chi connectivity index (χ0v) is 14.1. The van der Waals surface area contributed by atoms with Crippen LogP contribution in [0.2, 0.25) is 0 Å². The molecule has 114 valence electrons. The normalized spacial score (nSPS) is 14.0. The molecule has 0 spiro atoms. The van der Waals surface area contributed by atoms with E-state index in [0.717, 1.165) is 17.9 Å². The van der Waals surface area contributed by atoms with E-state index in [4.69, 9.17) is 4.74 Å². The lowest BCUT2D eigenvalue weighted by Crippen LogP contribution is -2.16. The van der Waals surface area contributed by atoms with E-state index in [1.807, 2.05) is 12.1 Å². The maximum absolute atomic E-state index is 5.90. The van der Waals surface area contributed by atoms with Crippen LogP contribution in [-0.2, 0) is 0 Å². The summed E-state index contributed by atoms with van der Waals surface area (Å²) in [6.07, 6.45) is 1.26. The minimum Gasteiger partial charge on any atom is -0.491 e. The minimum atomic E-state index is 0.249. The Balaban J connectivity index is 2.12. The second-order valence-electron chi connectivity index (χ2n) is 5.75. The van der Waals surface area contributed by atoms with Gasteiger partial charge in [0.2, 0.25) is 0 Å². The number of benzene rings is 1. The molecule has 0 radical (unpaired) electrons. The van der Waals surface area contributed by atoms with Gasteiger partial charge in [-0.05, 0) is 42.8 Å². The predicted molar refractivity (Wildman–Crippen MR) is 92.3 cm³/mol. The number of ether oxygens (including phenoxy) is 1. The molecule has 0 amide bonds. The van der Waals surface area contributed by atoms with Crippen molar-refractivity contribution in [2.45, 2.75) is 46.3 Å². The molecule has 0 bridgehead atoms. The average molecular weight is 303 g/mol. The van der Waals surface area contributed by atoms with Gasteiger partial charge in [-0.25, -0.2) is 0 Å². The van der Waals surface area contributed by atoms with E-state index in [1.54, 1.807) is 11.3 Å². The Bertz CT molecular complexity index is 536. The van der Waals surface area contributed by atoms with Crippen molar-refractivity contribution in [1.29, 1.82) is 0 Å². The van der Waals surface area contributed by atoms with Crippen molar-refractivity contribution in [1.82, 2.24) is 0 Å². The maximum Gasteiger partial charge on any atom is 0.121 e. The molecule has 0 aliphatic carbocycles. The summed E-state index contributed by atoms with van der Waals surface area (Å²) in [4.78, 5) is 1.37. The summed E-state index contributed by atoms with van der Waals surface area (Å²) in [7, 11) is 0. The summed E-state index contributed by atoms with van der Waals surface area (Å²) in [5, 5.41) is 5.78. The molecular weight excluding hydrogens is 278 g/mol. The molecule has 0 aliphatic heterocycles. The van der Waals surface area contributed by atoms with Crippen LogP contribution in [-0.4, -0.2) is 6.10 Å². The molecule has 2 rings (SSSR count). The standard InChI is InChI=1S/C18H25NOS/c1-5-14(4)20-16-9-6-8-15(12-16)19-18(13(2)3)17-10-7-11-21-17/h6-14,18-19H,5H2,1-4H3. The Morgan fingerprint density at radius 1 is 1.14 bits per heavy atom. The second kappa shape index (κ2) is 7.51. The van der Waals surface area contributed by atoms with Crippen LogP contribution in [0, 0.1) is 5.92 Å². The largest absolute Gasteiger partial charge is 0.491 e. The Kier molecular flexibility index (Phi) is 5.68. The van der Waals surface area contributed by atoms with E-state index in [-0.39, 0.29) is 6.10 Å². The lowest BCUT2D eigenvalue weighted by atomic mass is 10.0. The number of thiophene rings is 1. The zero-order chi connectivity index (χ0) is 15.2. The van der Waals surface area contributed by atoms with Crippen LogP contribution in [0.25, 0.3) is 0 Å². The van der Waals surface area contributed by atoms with Crippen LogP contribution in [0.1, 0.15) is 45.0 Å². The zero-order valence-electron chi connectivity index (χ0n) is 13.3. The van der Waals surface area contributed by atoms with Gasteiger partial charge in [0.15, 0.2) is 0 Å². The molecule has 0 saturated carbocycles. The SMILES string of the molecule is CCC(C)Oc1cccc(NC(c2cccs2)C(C)C)c1. The molecular formula is C18H25NOS. The Morgan fingerprint density at radius 3 is 2.57 bits per heavy atom. The first-order chi connectivity index (χ1) is 10.1. The highest BCUT2D eigenvalue weighted by atomic mass is 32.1.